The van der Waals surface area contributed by atoms with Crippen molar-refractivity contribution in [1.82, 2.24) is 9.88 Å². The van der Waals surface area contributed by atoms with Crippen LogP contribution in [0.15, 0.2) is 4.42 Å². The van der Waals surface area contributed by atoms with Gasteiger partial charge in [-0.3, -0.25) is 4.79 Å². The summed E-state index contributed by atoms with van der Waals surface area (Å²) < 4.78 is 11.5. The Hall–Kier alpha value is -1.36. The molecule has 3 rings (SSSR count). The smallest absolute Gasteiger partial charge is 0.291 e. The van der Waals surface area contributed by atoms with Crippen LogP contribution in [0.25, 0.3) is 0 Å². The van der Waals surface area contributed by atoms with Gasteiger partial charge >= 0.3 is 0 Å². The van der Waals surface area contributed by atoms with Crippen molar-refractivity contribution in [2.24, 2.45) is 5.92 Å². The van der Waals surface area contributed by atoms with Crippen molar-refractivity contribution in [3.8, 4) is 0 Å². The van der Waals surface area contributed by atoms with Gasteiger partial charge in [0.25, 0.3) is 5.91 Å². The van der Waals surface area contributed by atoms with Crippen molar-refractivity contribution < 1.29 is 13.9 Å². The standard InChI is InChI=1S/C18H28N2O3/c1-3-16-19-13(2)17(23-16)18(21)20-9-10-22-15(12-20)11-14-7-5-4-6-8-14/h14-15H,3-12H2,1-2H3/t15-/m0/s1. The number of morpholine rings is 1. The van der Waals surface area contributed by atoms with Crippen LogP contribution in [0.3, 0.4) is 0 Å². The molecule has 1 atom stereocenters. The van der Waals surface area contributed by atoms with Gasteiger partial charge in [-0.25, -0.2) is 4.98 Å². The minimum absolute atomic E-state index is 0.0355. The monoisotopic (exact) mass is 320 g/mol. The maximum atomic E-state index is 12.7. The zero-order chi connectivity index (χ0) is 16.2. The van der Waals surface area contributed by atoms with Crippen LogP contribution >= 0.6 is 0 Å². The number of aromatic nitrogens is 1. The van der Waals surface area contributed by atoms with E-state index in [0.29, 0.717) is 43.5 Å². The van der Waals surface area contributed by atoms with Gasteiger partial charge in [-0.2, -0.15) is 0 Å². The highest BCUT2D eigenvalue weighted by Gasteiger charge is 2.30. The van der Waals surface area contributed by atoms with Gasteiger partial charge in [0.05, 0.1) is 18.4 Å². The van der Waals surface area contributed by atoms with E-state index in [4.69, 9.17) is 9.15 Å². The fourth-order valence-corrected chi connectivity index (χ4v) is 3.79. The Kier molecular flexibility index (Phi) is 5.36. The van der Waals surface area contributed by atoms with Gasteiger partial charge in [0.2, 0.25) is 5.76 Å². The fourth-order valence-electron chi connectivity index (χ4n) is 3.79. The van der Waals surface area contributed by atoms with Crippen molar-refractivity contribution in [2.75, 3.05) is 19.7 Å². The number of amides is 1. The van der Waals surface area contributed by atoms with E-state index in [2.05, 4.69) is 4.98 Å². The number of carbonyl (C=O) groups excluding carboxylic acids is 1. The topological polar surface area (TPSA) is 55.6 Å². The van der Waals surface area contributed by atoms with Gasteiger partial charge in [-0.15, -0.1) is 0 Å². The summed E-state index contributed by atoms with van der Waals surface area (Å²) in [5.74, 6) is 1.77. The van der Waals surface area contributed by atoms with Crippen LogP contribution in [0.4, 0.5) is 0 Å². The Bertz CT molecular complexity index is 534. The maximum absolute atomic E-state index is 12.7. The lowest BCUT2D eigenvalue weighted by atomic mass is 9.85. The SMILES string of the molecule is CCc1nc(C)c(C(=O)N2CCO[C@@H](CC3CCCCC3)C2)o1. The van der Waals surface area contributed by atoms with Crippen LogP contribution < -0.4 is 0 Å². The van der Waals surface area contributed by atoms with Crippen molar-refractivity contribution in [3.05, 3.63) is 17.3 Å². The Morgan fingerprint density at radius 2 is 2.09 bits per heavy atom. The second kappa shape index (κ2) is 7.47. The number of aryl methyl sites for hydroxylation is 2. The first kappa shape index (κ1) is 16.5. The van der Waals surface area contributed by atoms with E-state index < -0.39 is 0 Å². The van der Waals surface area contributed by atoms with Crippen LogP contribution in [0, 0.1) is 12.8 Å². The highest BCUT2D eigenvalue weighted by Crippen LogP contribution is 2.29. The summed E-state index contributed by atoms with van der Waals surface area (Å²) in [5, 5.41) is 0. The van der Waals surface area contributed by atoms with Gasteiger partial charge < -0.3 is 14.1 Å². The fraction of sp³-hybridized carbons (Fsp3) is 0.778. The lowest BCUT2D eigenvalue weighted by Gasteiger charge is -2.35. The molecule has 0 spiro atoms. The first-order valence-corrected chi connectivity index (χ1v) is 9.04. The molecule has 1 saturated carbocycles. The number of hydrogen-bond acceptors (Lipinski definition) is 4. The highest BCUT2D eigenvalue weighted by atomic mass is 16.5. The highest BCUT2D eigenvalue weighted by molar-refractivity contribution is 5.92. The molecule has 1 amide bonds. The molecule has 0 bridgehead atoms. The molecule has 128 valence electrons. The molecule has 1 aromatic rings. The van der Waals surface area contributed by atoms with Crippen LogP contribution in [0.2, 0.25) is 0 Å². The third-order valence-corrected chi connectivity index (χ3v) is 5.08. The van der Waals surface area contributed by atoms with Crippen molar-refractivity contribution in [3.63, 3.8) is 0 Å². The Morgan fingerprint density at radius 1 is 1.30 bits per heavy atom. The van der Waals surface area contributed by atoms with E-state index in [1.165, 1.54) is 32.1 Å². The van der Waals surface area contributed by atoms with E-state index in [0.717, 1.165) is 12.3 Å². The molecule has 0 N–H and O–H groups in total. The third-order valence-electron chi connectivity index (χ3n) is 5.08. The lowest BCUT2D eigenvalue weighted by Crippen LogP contribution is -2.46. The molecular formula is C18H28N2O3. The van der Waals surface area contributed by atoms with Gasteiger partial charge in [0.15, 0.2) is 5.89 Å². The van der Waals surface area contributed by atoms with E-state index >= 15 is 0 Å². The summed E-state index contributed by atoms with van der Waals surface area (Å²) in [4.78, 5) is 18.9. The molecule has 2 heterocycles. The molecule has 5 nitrogen and oxygen atoms in total. The second-order valence-electron chi connectivity index (χ2n) is 6.86. The first-order chi connectivity index (χ1) is 11.2. The predicted molar refractivity (Wildman–Crippen MR) is 87.5 cm³/mol. The number of hydrogen-bond donors (Lipinski definition) is 0. The number of oxazole rings is 1. The second-order valence-corrected chi connectivity index (χ2v) is 6.86. The van der Waals surface area contributed by atoms with E-state index in [9.17, 15) is 4.79 Å². The molecule has 23 heavy (non-hydrogen) atoms. The molecule has 1 aliphatic heterocycles. The third kappa shape index (κ3) is 3.94. The number of rotatable bonds is 4. The van der Waals surface area contributed by atoms with Gasteiger partial charge in [0, 0.05) is 19.5 Å². The Morgan fingerprint density at radius 3 is 2.78 bits per heavy atom. The van der Waals surface area contributed by atoms with E-state index in [-0.39, 0.29) is 12.0 Å². The number of ether oxygens (including phenoxy) is 1. The normalized spacial score (nSPS) is 23.2. The summed E-state index contributed by atoms with van der Waals surface area (Å²) in [6.45, 7) is 5.76. The van der Waals surface area contributed by atoms with Crippen LogP contribution in [-0.4, -0.2) is 41.6 Å². The first-order valence-electron chi connectivity index (χ1n) is 9.04. The molecule has 2 aliphatic rings. The van der Waals surface area contributed by atoms with Crippen LogP contribution in [0.1, 0.15) is 67.6 Å². The van der Waals surface area contributed by atoms with Crippen LogP contribution in [-0.2, 0) is 11.2 Å². The summed E-state index contributed by atoms with van der Waals surface area (Å²) in [6, 6.07) is 0. The Labute approximate surface area is 138 Å². The molecule has 1 aliphatic carbocycles. The average molecular weight is 320 g/mol. The van der Waals surface area contributed by atoms with E-state index in [1.54, 1.807) is 0 Å². The van der Waals surface area contributed by atoms with Gasteiger partial charge in [-0.1, -0.05) is 39.0 Å². The van der Waals surface area contributed by atoms with Crippen molar-refractivity contribution in [1.29, 1.82) is 0 Å². The van der Waals surface area contributed by atoms with E-state index in [1.807, 2.05) is 18.7 Å². The lowest BCUT2D eigenvalue weighted by molar-refractivity contribution is -0.0345. The molecular weight excluding hydrogens is 292 g/mol. The van der Waals surface area contributed by atoms with Crippen molar-refractivity contribution >= 4 is 5.91 Å². The molecule has 5 heteroatoms. The summed E-state index contributed by atoms with van der Waals surface area (Å²) in [5.41, 5.74) is 0.696. The largest absolute Gasteiger partial charge is 0.435 e. The van der Waals surface area contributed by atoms with Crippen LogP contribution in [0.5, 0.6) is 0 Å². The zero-order valence-electron chi connectivity index (χ0n) is 14.3. The molecule has 1 saturated heterocycles. The predicted octanol–water partition coefficient (Wildman–Crippen LogP) is 3.36. The average Bonchev–Trinajstić information content (AvgIpc) is 2.96. The molecule has 0 radical (unpaired) electrons. The zero-order valence-corrected chi connectivity index (χ0v) is 14.3. The maximum Gasteiger partial charge on any atom is 0.291 e. The van der Waals surface area contributed by atoms with Gasteiger partial charge in [-0.05, 0) is 19.3 Å². The molecule has 2 fully saturated rings. The minimum Gasteiger partial charge on any atom is -0.435 e. The number of nitrogens with zero attached hydrogens (tertiary/aromatic N) is 2. The summed E-state index contributed by atoms with van der Waals surface area (Å²) in [7, 11) is 0. The van der Waals surface area contributed by atoms with Gasteiger partial charge in [0.1, 0.15) is 0 Å². The molecule has 0 aromatic carbocycles. The molecule has 0 unspecified atom stereocenters. The Balaban J connectivity index is 1.60. The summed E-state index contributed by atoms with van der Waals surface area (Å²) in [6.07, 6.45) is 8.65. The molecule has 1 aromatic heterocycles. The minimum atomic E-state index is -0.0355. The van der Waals surface area contributed by atoms with Crippen molar-refractivity contribution in [2.45, 2.75) is 64.9 Å². The number of carbonyl (C=O) groups is 1. The summed E-state index contributed by atoms with van der Waals surface area (Å²) >= 11 is 0. The quantitative estimate of drug-likeness (QED) is 0.853.